The zero-order chi connectivity index (χ0) is 18.4. The van der Waals surface area contributed by atoms with Crippen LogP contribution < -0.4 is 5.32 Å². The number of carbonyl (C=O) groups is 1. The van der Waals surface area contributed by atoms with Crippen molar-refractivity contribution in [2.75, 3.05) is 20.1 Å². The van der Waals surface area contributed by atoms with Crippen LogP contribution in [0.5, 0.6) is 0 Å². The molecule has 142 valence electrons. The van der Waals surface area contributed by atoms with Gasteiger partial charge < -0.3 is 5.32 Å². The largest absolute Gasteiger partial charge is 0.354 e. The Balaban J connectivity index is 1.34. The zero-order valence-electron chi connectivity index (χ0n) is 15.4. The average molecular weight is 377 g/mol. The van der Waals surface area contributed by atoms with E-state index < -0.39 is 10.0 Å². The van der Waals surface area contributed by atoms with E-state index in [-0.39, 0.29) is 22.8 Å². The molecule has 0 radical (unpaired) electrons. The van der Waals surface area contributed by atoms with Gasteiger partial charge in [0.05, 0.1) is 11.4 Å². The average Bonchev–Trinajstić information content (AvgIpc) is 2.59. The topological polar surface area (TPSA) is 66.5 Å². The van der Waals surface area contributed by atoms with E-state index in [1.807, 2.05) is 0 Å². The predicted octanol–water partition coefficient (Wildman–Crippen LogP) is 2.64. The maximum atomic E-state index is 12.5. The molecule has 4 aliphatic carbocycles. The molecular weight excluding hydrogens is 348 g/mol. The fourth-order valence-electron chi connectivity index (χ4n) is 5.91. The monoisotopic (exact) mass is 376 g/mol. The lowest BCUT2D eigenvalue weighted by molar-refractivity contribution is -0.123. The van der Waals surface area contributed by atoms with Crippen LogP contribution in [-0.2, 0) is 14.8 Å². The molecule has 0 aliphatic heterocycles. The molecule has 0 saturated heterocycles. The van der Waals surface area contributed by atoms with Gasteiger partial charge in [0, 0.05) is 13.6 Å². The summed E-state index contributed by atoms with van der Waals surface area (Å²) < 4.78 is 26.2. The third-order valence-electron chi connectivity index (χ3n) is 6.64. The van der Waals surface area contributed by atoms with E-state index in [2.05, 4.69) is 5.32 Å². The van der Waals surface area contributed by atoms with E-state index in [9.17, 15) is 13.2 Å². The maximum Gasteiger partial charge on any atom is 0.243 e. The highest BCUT2D eigenvalue weighted by Crippen LogP contribution is 2.59. The van der Waals surface area contributed by atoms with Crippen LogP contribution >= 0.6 is 0 Å². The van der Waals surface area contributed by atoms with Gasteiger partial charge >= 0.3 is 0 Å². The molecule has 0 heterocycles. The highest BCUT2D eigenvalue weighted by Gasteiger charge is 2.50. The summed E-state index contributed by atoms with van der Waals surface area (Å²) in [5.74, 6) is 2.33. The van der Waals surface area contributed by atoms with Gasteiger partial charge in [-0.05, 0) is 73.8 Å². The Labute approximate surface area is 156 Å². The molecule has 4 aliphatic rings. The van der Waals surface area contributed by atoms with Crippen LogP contribution in [0.1, 0.15) is 38.5 Å². The molecule has 1 aromatic rings. The van der Waals surface area contributed by atoms with Crippen molar-refractivity contribution >= 4 is 15.9 Å². The first-order valence-electron chi connectivity index (χ1n) is 9.64. The second-order valence-electron chi connectivity index (χ2n) is 8.77. The van der Waals surface area contributed by atoms with Gasteiger partial charge in [-0.1, -0.05) is 18.2 Å². The van der Waals surface area contributed by atoms with E-state index >= 15 is 0 Å². The molecule has 0 unspecified atom stereocenters. The standard InChI is InChI=1S/C20H28N2O3S/c1-22(26(24,25)18-5-3-2-4-6-18)13-19(23)21-14-20-10-15-7-16(11-20)9-17(8-15)12-20/h2-6,15-17H,7-14H2,1H3,(H,21,23). The molecule has 0 spiro atoms. The summed E-state index contributed by atoms with van der Waals surface area (Å²) in [5.41, 5.74) is 0.265. The number of amides is 1. The number of rotatable bonds is 6. The number of hydrogen-bond donors (Lipinski definition) is 1. The van der Waals surface area contributed by atoms with E-state index in [1.54, 1.807) is 30.3 Å². The molecule has 1 amide bonds. The van der Waals surface area contributed by atoms with Crippen LogP contribution in [0.25, 0.3) is 0 Å². The first kappa shape index (κ1) is 18.0. The van der Waals surface area contributed by atoms with Gasteiger partial charge in [0.15, 0.2) is 0 Å². The number of sulfonamides is 1. The van der Waals surface area contributed by atoms with Crippen LogP contribution in [0.4, 0.5) is 0 Å². The van der Waals surface area contributed by atoms with Crippen molar-refractivity contribution in [2.24, 2.45) is 23.2 Å². The second-order valence-corrected chi connectivity index (χ2v) is 10.8. The fraction of sp³-hybridized carbons (Fsp3) is 0.650. The van der Waals surface area contributed by atoms with E-state index in [0.717, 1.165) is 22.1 Å². The Morgan fingerprint density at radius 1 is 1.08 bits per heavy atom. The molecule has 5 rings (SSSR count). The van der Waals surface area contributed by atoms with Crippen LogP contribution in [0.2, 0.25) is 0 Å². The normalized spacial score (nSPS) is 32.8. The Kier molecular flexibility index (Phi) is 4.59. The minimum absolute atomic E-state index is 0.135. The molecule has 4 saturated carbocycles. The first-order chi connectivity index (χ1) is 12.4. The molecule has 4 bridgehead atoms. The lowest BCUT2D eigenvalue weighted by Crippen LogP contribution is -2.52. The quantitative estimate of drug-likeness (QED) is 0.830. The summed E-state index contributed by atoms with van der Waals surface area (Å²) in [6, 6.07) is 8.26. The van der Waals surface area contributed by atoms with Crippen molar-refractivity contribution in [3.05, 3.63) is 30.3 Å². The van der Waals surface area contributed by atoms with Gasteiger partial charge in [-0.3, -0.25) is 4.79 Å². The fourth-order valence-corrected chi connectivity index (χ4v) is 7.06. The second kappa shape index (κ2) is 6.64. The SMILES string of the molecule is CN(CC(=O)NCC12CC3CC(CC(C3)C1)C2)S(=O)(=O)c1ccccc1. The molecule has 0 aromatic heterocycles. The summed E-state index contributed by atoms with van der Waals surface area (Å²) >= 11 is 0. The summed E-state index contributed by atoms with van der Waals surface area (Å²) in [6.07, 6.45) is 7.84. The summed E-state index contributed by atoms with van der Waals surface area (Å²) in [4.78, 5) is 12.6. The summed E-state index contributed by atoms with van der Waals surface area (Å²) in [5, 5.41) is 3.05. The Morgan fingerprint density at radius 3 is 2.15 bits per heavy atom. The number of nitrogens with one attached hydrogen (secondary N) is 1. The van der Waals surface area contributed by atoms with Gasteiger partial charge in [-0.25, -0.2) is 8.42 Å². The highest BCUT2D eigenvalue weighted by atomic mass is 32.2. The molecule has 1 aromatic carbocycles. The Bertz CT molecular complexity index is 740. The van der Waals surface area contributed by atoms with Crippen LogP contribution in [0, 0.1) is 23.2 Å². The smallest absolute Gasteiger partial charge is 0.243 e. The van der Waals surface area contributed by atoms with Crippen LogP contribution in [-0.4, -0.2) is 38.8 Å². The zero-order valence-corrected chi connectivity index (χ0v) is 16.2. The molecular formula is C20H28N2O3S. The van der Waals surface area contributed by atoms with E-state index in [4.69, 9.17) is 0 Å². The summed E-state index contributed by atoms with van der Waals surface area (Å²) in [7, 11) is -2.16. The van der Waals surface area contributed by atoms with Gasteiger partial charge in [0.1, 0.15) is 0 Å². The minimum Gasteiger partial charge on any atom is -0.354 e. The first-order valence-corrected chi connectivity index (χ1v) is 11.1. The predicted molar refractivity (Wildman–Crippen MR) is 99.9 cm³/mol. The van der Waals surface area contributed by atoms with Crippen molar-refractivity contribution in [3.63, 3.8) is 0 Å². The molecule has 26 heavy (non-hydrogen) atoms. The van der Waals surface area contributed by atoms with E-state index in [0.29, 0.717) is 6.54 Å². The number of carbonyl (C=O) groups excluding carboxylic acids is 1. The molecule has 4 fully saturated rings. The number of likely N-dealkylation sites (N-methyl/N-ethyl adjacent to an activating group) is 1. The molecule has 0 atom stereocenters. The van der Waals surface area contributed by atoms with E-state index in [1.165, 1.54) is 45.6 Å². The van der Waals surface area contributed by atoms with Gasteiger partial charge in [0.2, 0.25) is 15.9 Å². The van der Waals surface area contributed by atoms with Gasteiger partial charge in [0.25, 0.3) is 0 Å². The third kappa shape index (κ3) is 3.41. The number of hydrogen-bond acceptors (Lipinski definition) is 3. The van der Waals surface area contributed by atoms with Crippen molar-refractivity contribution in [1.29, 1.82) is 0 Å². The Morgan fingerprint density at radius 2 is 1.62 bits per heavy atom. The minimum atomic E-state index is -3.62. The Hall–Kier alpha value is -1.40. The van der Waals surface area contributed by atoms with Gasteiger partial charge in [-0.15, -0.1) is 0 Å². The lowest BCUT2D eigenvalue weighted by atomic mass is 9.49. The van der Waals surface area contributed by atoms with Crippen molar-refractivity contribution in [3.8, 4) is 0 Å². The maximum absolute atomic E-state index is 12.5. The molecule has 6 heteroatoms. The third-order valence-corrected chi connectivity index (χ3v) is 8.46. The van der Waals surface area contributed by atoms with Gasteiger partial charge in [-0.2, -0.15) is 4.31 Å². The molecule has 1 N–H and O–H groups in total. The van der Waals surface area contributed by atoms with Crippen LogP contribution in [0.3, 0.4) is 0 Å². The van der Waals surface area contributed by atoms with Crippen molar-refractivity contribution < 1.29 is 13.2 Å². The van der Waals surface area contributed by atoms with Crippen molar-refractivity contribution in [1.82, 2.24) is 9.62 Å². The van der Waals surface area contributed by atoms with Crippen molar-refractivity contribution in [2.45, 2.75) is 43.4 Å². The highest BCUT2D eigenvalue weighted by molar-refractivity contribution is 7.89. The summed E-state index contributed by atoms with van der Waals surface area (Å²) in [6.45, 7) is 0.568. The molecule has 5 nitrogen and oxygen atoms in total. The number of nitrogens with zero attached hydrogens (tertiary/aromatic N) is 1. The number of benzene rings is 1. The lowest BCUT2D eigenvalue weighted by Gasteiger charge is -2.56. The van der Waals surface area contributed by atoms with Crippen LogP contribution in [0.15, 0.2) is 35.2 Å².